The molecule has 19 heavy (non-hydrogen) atoms. The summed E-state index contributed by atoms with van der Waals surface area (Å²) in [5.74, 6) is 0. The smallest absolute Gasteiger partial charge is 0.211 e. The van der Waals surface area contributed by atoms with Crippen molar-refractivity contribution in [2.45, 2.75) is 6.10 Å². The van der Waals surface area contributed by atoms with Crippen LogP contribution in [0.25, 0.3) is 0 Å². The van der Waals surface area contributed by atoms with Crippen molar-refractivity contribution in [3.05, 3.63) is 29.8 Å². The van der Waals surface area contributed by atoms with Crippen LogP contribution in [0.1, 0.15) is 11.7 Å². The monoisotopic (exact) mass is 263 g/mol. The second-order valence-electron chi connectivity index (χ2n) is 5.00. The van der Waals surface area contributed by atoms with E-state index in [-0.39, 0.29) is 0 Å². The average Bonchev–Trinajstić information content (AvgIpc) is 2.42. The van der Waals surface area contributed by atoms with Crippen LogP contribution in [0.4, 0.5) is 5.69 Å². The minimum atomic E-state index is -0.478. The number of β-amino-alcohol motifs (C(OH)–C–C–N with tert-alkyl or cyclic N) is 1. The average molecular weight is 263 g/mol. The Kier molecular flexibility index (Phi) is 4.90. The molecule has 1 fully saturated rings. The number of nitrogens with zero attached hydrogens (tertiary/aromatic N) is 2. The number of piperazine rings is 1. The van der Waals surface area contributed by atoms with Crippen molar-refractivity contribution >= 4 is 12.1 Å². The van der Waals surface area contributed by atoms with Gasteiger partial charge >= 0.3 is 0 Å². The van der Waals surface area contributed by atoms with E-state index in [0.29, 0.717) is 13.0 Å². The third-order valence-corrected chi connectivity index (χ3v) is 3.55. The van der Waals surface area contributed by atoms with Gasteiger partial charge in [0.15, 0.2) is 0 Å². The van der Waals surface area contributed by atoms with Gasteiger partial charge in [0, 0.05) is 38.4 Å². The van der Waals surface area contributed by atoms with E-state index in [1.807, 2.05) is 12.1 Å². The van der Waals surface area contributed by atoms with Gasteiger partial charge in [-0.2, -0.15) is 0 Å². The van der Waals surface area contributed by atoms with Gasteiger partial charge in [-0.25, -0.2) is 0 Å². The lowest BCUT2D eigenvalue weighted by Gasteiger charge is -2.33. The molecule has 1 heterocycles. The number of benzene rings is 1. The van der Waals surface area contributed by atoms with E-state index in [4.69, 9.17) is 0 Å². The third-order valence-electron chi connectivity index (χ3n) is 3.55. The number of hydrogen-bond acceptors (Lipinski definition) is 4. The molecule has 1 aliphatic heterocycles. The first-order valence-corrected chi connectivity index (χ1v) is 6.58. The molecular weight excluding hydrogens is 242 g/mol. The SMILES string of the molecule is CN1CCN(CC(O)c2ccc(NC=O)cc2)CC1. The lowest BCUT2D eigenvalue weighted by atomic mass is 10.1. The number of carbonyl (C=O) groups is 1. The van der Waals surface area contributed by atoms with Gasteiger partial charge in [0.1, 0.15) is 0 Å². The van der Waals surface area contributed by atoms with Crippen LogP contribution in [0.2, 0.25) is 0 Å². The normalized spacial score (nSPS) is 19.1. The summed E-state index contributed by atoms with van der Waals surface area (Å²) in [5.41, 5.74) is 1.63. The molecule has 0 spiro atoms. The van der Waals surface area contributed by atoms with Crippen LogP contribution in [0.15, 0.2) is 24.3 Å². The minimum Gasteiger partial charge on any atom is -0.387 e. The van der Waals surface area contributed by atoms with Gasteiger partial charge in [-0.1, -0.05) is 12.1 Å². The van der Waals surface area contributed by atoms with Crippen molar-refractivity contribution in [2.24, 2.45) is 0 Å². The topological polar surface area (TPSA) is 55.8 Å². The van der Waals surface area contributed by atoms with Crippen molar-refractivity contribution in [3.63, 3.8) is 0 Å². The number of likely N-dealkylation sites (N-methyl/N-ethyl adjacent to an activating group) is 1. The molecule has 0 aliphatic carbocycles. The number of carbonyl (C=O) groups excluding carboxylic acids is 1. The van der Waals surface area contributed by atoms with Gasteiger partial charge in [-0.05, 0) is 24.7 Å². The summed E-state index contributed by atoms with van der Waals surface area (Å²) in [6, 6.07) is 7.31. The molecule has 2 rings (SSSR count). The number of rotatable bonds is 5. The summed E-state index contributed by atoms with van der Waals surface area (Å²) in [6.45, 7) is 4.76. The molecule has 104 valence electrons. The van der Waals surface area contributed by atoms with Crippen molar-refractivity contribution in [2.75, 3.05) is 45.1 Å². The van der Waals surface area contributed by atoms with Crippen molar-refractivity contribution in [1.82, 2.24) is 9.80 Å². The van der Waals surface area contributed by atoms with Crippen LogP contribution in [0.5, 0.6) is 0 Å². The third kappa shape index (κ3) is 4.02. The van der Waals surface area contributed by atoms with E-state index in [0.717, 1.165) is 37.4 Å². The first-order chi connectivity index (χ1) is 9.19. The molecule has 5 nitrogen and oxygen atoms in total. The maximum Gasteiger partial charge on any atom is 0.211 e. The molecular formula is C14H21N3O2. The number of amides is 1. The zero-order valence-electron chi connectivity index (χ0n) is 11.2. The van der Waals surface area contributed by atoms with E-state index in [1.165, 1.54) is 0 Å². The number of hydrogen-bond donors (Lipinski definition) is 2. The highest BCUT2D eigenvalue weighted by Crippen LogP contribution is 2.17. The van der Waals surface area contributed by atoms with E-state index in [9.17, 15) is 9.90 Å². The fourth-order valence-electron chi connectivity index (χ4n) is 2.25. The number of aliphatic hydroxyl groups is 1. The Labute approximate surface area is 113 Å². The maximum absolute atomic E-state index is 10.3. The summed E-state index contributed by atoms with van der Waals surface area (Å²) in [7, 11) is 2.12. The second-order valence-corrected chi connectivity index (χ2v) is 5.00. The van der Waals surface area contributed by atoms with Crippen LogP contribution < -0.4 is 5.32 Å². The van der Waals surface area contributed by atoms with E-state index in [1.54, 1.807) is 12.1 Å². The molecule has 1 aliphatic rings. The van der Waals surface area contributed by atoms with Crippen LogP contribution in [-0.2, 0) is 4.79 Å². The molecule has 2 N–H and O–H groups in total. The quantitative estimate of drug-likeness (QED) is 0.761. The molecule has 0 saturated carbocycles. The van der Waals surface area contributed by atoms with Gasteiger partial charge in [0.05, 0.1) is 6.10 Å². The summed E-state index contributed by atoms with van der Waals surface area (Å²) in [4.78, 5) is 14.9. The zero-order valence-corrected chi connectivity index (χ0v) is 11.2. The van der Waals surface area contributed by atoms with Crippen LogP contribution in [0, 0.1) is 0 Å². The fraction of sp³-hybridized carbons (Fsp3) is 0.500. The van der Waals surface area contributed by atoms with Gasteiger partial charge in [-0.3, -0.25) is 9.69 Å². The molecule has 0 radical (unpaired) electrons. The molecule has 1 aromatic rings. The zero-order chi connectivity index (χ0) is 13.7. The number of aliphatic hydroxyl groups excluding tert-OH is 1. The minimum absolute atomic E-state index is 0.478. The maximum atomic E-state index is 10.3. The van der Waals surface area contributed by atoms with Crippen LogP contribution in [-0.4, -0.2) is 61.1 Å². The first-order valence-electron chi connectivity index (χ1n) is 6.58. The molecule has 5 heteroatoms. The van der Waals surface area contributed by atoms with Crippen molar-refractivity contribution in [3.8, 4) is 0 Å². The predicted molar refractivity (Wildman–Crippen MR) is 75.0 cm³/mol. The molecule has 1 atom stereocenters. The molecule has 0 bridgehead atoms. The highest BCUT2D eigenvalue weighted by molar-refractivity contribution is 5.71. The molecule has 1 unspecified atom stereocenters. The largest absolute Gasteiger partial charge is 0.387 e. The summed E-state index contributed by atoms with van der Waals surface area (Å²) < 4.78 is 0. The summed E-state index contributed by atoms with van der Waals surface area (Å²) in [6.07, 6.45) is 0.170. The lowest BCUT2D eigenvalue weighted by molar-refractivity contribution is -0.105. The molecule has 1 saturated heterocycles. The fourth-order valence-corrected chi connectivity index (χ4v) is 2.25. The Bertz CT molecular complexity index is 400. The Morgan fingerprint density at radius 3 is 2.47 bits per heavy atom. The summed E-state index contributed by atoms with van der Waals surface area (Å²) >= 11 is 0. The Morgan fingerprint density at radius 1 is 1.26 bits per heavy atom. The number of anilines is 1. The van der Waals surface area contributed by atoms with Gasteiger partial charge in [-0.15, -0.1) is 0 Å². The van der Waals surface area contributed by atoms with Crippen LogP contribution in [0.3, 0.4) is 0 Å². The molecule has 1 aromatic carbocycles. The standard InChI is InChI=1S/C14H21N3O2/c1-16-6-8-17(9-7-16)10-14(19)12-2-4-13(5-3-12)15-11-18/h2-5,11,14,19H,6-10H2,1H3,(H,15,18). The highest BCUT2D eigenvalue weighted by Gasteiger charge is 2.17. The predicted octanol–water partition coefficient (Wildman–Crippen LogP) is 0.536. The Morgan fingerprint density at radius 2 is 1.89 bits per heavy atom. The second kappa shape index (κ2) is 6.65. The number of nitrogens with one attached hydrogen (secondary N) is 1. The van der Waals surface area contributed by atoms with Crippen molar-refractivity contribution < 1.29 is 9.90 Å². The van der Waals surface area contributed by atoms with E-state index >= 15 is 0 Å². The van der Waals surface area contributed by atoms with E-state index < -0.39 is 6.10 Å². The van der Waals surface area contributed by atoms with E-state index in [2.05, 4.69) is 22.2 Å². The molecule has 0 aromatic heterocycles. The van der Waals surface area contributed by atoms with Gasteiger partial charge in [0.2, 0.25) is 6.41 Å². The summed E-state index contributed by atoms with van der Waals surface area (Å²) in [5, 5.41) is 12.8. The van der Waals surface area contributed by atoms with Gasteiger partial charge in [0.25, 0.3) is 0 Å². The Balaban J connectivity index is 1.88. The Hall–Kier alpha value is -1.43. The first kappa shape index (κ1) is 14.0. The highest BCUT2D eigenvalue weighted by atomic mass is 16.3. The van der Waals surface area contributed by atoms with Crippen LogP contribution >= 0.6 is 0 Å². The molecule has 1 amide bonds. The lowest BCUT2D eigenvalue weighted by Crippen LogP contribution is -2.45. The van der Waals surface area contributed by atoms with Crippen molar-refractivity contribution in [1.29, 1.82) is 0 Å². The van der Waals surface area contributed by atoms with Gasteiger partial charge < -0.3 is 15.3 Å².